The molecule has 2 aliphatic rings. The number of para-hydroxylation sites is 1. The van der Waals surface area contributed by atoms with Crippen LogP contribution in [0.2, 0.25) is 0 Å². The van der Waals surface area contributed by atoms with Crippen molar-refractivity contribution < 1.29 is 19.1 Å². The molecule has 1 saturated carbocycles. The number of hydrogen-bond donors (Lipinski definition) is 1. The monoisotopic (exact) mass is 398 g/mol. The van der Waals surface area contributed by atoms with Crippen molar-refractivity contribution in [3.05, 3.63) is 54.0 Å². The number of anilines is 1. The maximum atomic E-state index is 12.8. The van der Waals surface area contributed by atoms with E-state index in [9.17, 15) is 9.90 Å². The van der Waals surface area contributed by atoms with Crippen molar-refractivity contribution in [3.8, 4) is 0 Å². The van der Waals surface area contributed by atoms with Crippen molar-refractivity contribution in [2.75, 3.05) is 37.7 Å². The van der Waals surface area contributed by atoms with Crippen molar-refractivity contribution in [1.29, 1.82) is 0 Å². The first-order valence-corrected chi connectivity index (χ1v) is 10.6. The third-order valence-corrected chi connectivity index (χ3v) is 5.67. The topological polar surface area (TPSA) is 66.2 Å². The fraction of sp³-hybridized carbons (Fsp3) is 0.522. The van der Waals surface area contributed by atoms with Gasteiger partial charge in [-0.3, -0.25) is 4.79 Å². The maximum Gasteiger partial charge on any atom is 0.224 e. The number of benzene rings is 1. The largest absolute Gasteiger partial charge is 0.467 e. The van der Waals surface area contributed by atoms with E-state index in [0.717, 1.165) is 31.0 Å². The SMILES string of the molecule is O=C1CCN(CC(O)COCc2ccco2)c2ccccc2CCN1CC1CC1. The van der Waals surface area contributed by atoms with Gasteiger partial charge in [0.25, 0.3) is 0 Å². The molecule has 6 nitrogen and oxygen atoms in total. The van der Waals surface area contributed by atoms with Crippen LogP contribution in [0.15, 0.2) is 47.1 Å². The number of fused-ring (bicyclic) bond motifs is 1. The molecule has 1 aliphatic heterocycles. The highest BCUT2D eigenvalue weighted by Gasteiger charge is 2.28. The van der Waals surface area contributed by atoms with Crippen LogP contribution >= 0.6 is 0 Å². The van der Waals surface area contributed by atoms with Crippen molar-refractivity contribution in [1.82, 2.24) is 4.90 Å². The minimum atomic E-state index is -0.642. The number of aliphatic hydroxyl groups is 1. The average molecular weight is 399 g/mol. The molecular formula is C23H30N2O4. The van der Waals surface area contributed by atoms with Crippen molar-refractivity contribution in [2.45, 2.75) is 38.4 Å². The van der Waals surface area contributed by atoms with E-state index >= 15 is 0 Å². The average Bonchev–Trinajstić information content (AvgIpc) is 3.38. The predicted molar refractivity (Wildman–Crippen MR) is 111 cm³/mol. The Kier molecular flexibility index (Phi) is 6.52. The van der Waals surface area contributed by atoms with E-state index in [1.54, 1.807) is 6.26 Å². The summed E-state index contributed by atoms with van der Waals surface area (Å²) in [5, 5.41) is 10.5. The highest BCUT2D eigenvalue weighted by Crippen LogP contribution is 2.31. The van der Waals surface area contributed by atoms with E-state index < -0.39 is 6.10 Å². The minimum Gasteiger partial charge on any atom is -0.467 e. The molecular weight excluding hydrogens is 368 g/mol. The van der Waals surface area contributed by atoms with Crippen molar-refractivity contribution in [3.63, 3.8) is 0 Å². The van der Waals surface area contributed by atoms with Crippen molar-refractivity contribution >= 4 is 11.6 Å². The van der Waals surface area contributed by atoms with Crippen LogP contribution in [0.4, 0.5) is 5.69 Å². The summed E-state index contributed by atoms with van der Waals surface area (Å²) in [6, 6.07) is 12.0. The van der Waals surface area contributed by atoms with E-state index in [2.05, 4.69) is 17.0 Å². The lowest BCUT2D eigenvalue weighted by molar-refractivity contribution is -0.131. The standard InChI is InChI=1S/C23H30N2O4/c26-20(16-28-17-21-5-3-13-29-21)15-24-12-10-23(27)25(14-18-7-8-18)11-9-19-4-1-2-6-22(19)24/h1-6,13,18,20,26H,7-12,14-17H2. The molecule has 6 heteroatoms. The summed E-state index contributed by atoms with van der Waals surface area (Å²) in [6.07, 6.45) is 4.78. The molecule has 156 valence electrons. The molecule has 1 N–H and O–H groups in total. The molecule has 1 aromatic heterocycles. The van der Waals surface area contributed by atoms with Gasteiger partial charge < -0.3 is 24.1 Å². The van der Waals surface area contributed by atoms with Crippen LogP contribution in [-0.4, -0.2) is 54.8 Å². The summed E-state index contributed by atoms with van der Waals surface area (Å²) >= 11 is 0. The Bertz CT molecular complexity index is 788. The summed E-state index contributed by atoms with van der Waals surface area (Å²) in [7, 11) is 0. The Morgan fingerprint density at radius 2 is 1.93 bits per heavy atom. The number of carbonyl (C=O) groups excluding carboxylic acids is 1. The summed E-state index contributed by atoms with van der Waals surface area (Å²) in [6.45, 7) is 3.27. The Balaban J connectivity index is 1.39. The molecule has 2 heterocycles. The Hall–Kier alpha value is -2.31. The first kappa shape index (κ1) is 20.0. The second kappa shape index (κ2) is 9.46. The van der Waals surface area contributed by atoms with Gasteiger partial charge in [-0.25, -0.2) is 0 Å². The summed E-state index contributed by atoms with van der Waals surface area (Å²) < 4.78 is 10.8. The van der Waals surface area contributed by atoms with Gasteiger partial charge in [-0.15, -0.1) is 0 Å². The van der Waals surface area contributed by atoms with Gasteiger partial charge in [0.2, 0.25) is 5.91 Å². The number of carbonyl (C=O) groups is 1. The van der Waals surface area contributed by atoms with Gasteiger partial charge in [-0.1, -0.05) is 18.2 Å². The molecule has 4 rings (SSSR count). The molecule has 1 amide bonds. The second-order valence-electron chi connectivity index (χ2n) is 8.11. The number of nitrogens with zero attached hydrogens (tertiary/aromatic N) is 2. The molecule has 1 atom stereocenters. The fourth-order valence-electron chi connectivity index (χ4n) is 3.91. The maximum absolute atomic E-state index is 12.8. The smallest absolute Gasteiger partial charge is 0.224 e. The molecule has 1 fully saturated rings. The highest BCUT2D eigenvalue weighted by molar-refractivity contribution is 5.77. The number of furan rings is 1. The summed E-state index contributed by atoms with van der Waals surface area (Å²) in [4.78, 5) is 16.9. The number of aliphatic hydroxyl groups excluding tert-OH is 1. The van der Waals surface area contributed by atoms with Crippen LogP contribution in [0.5, 0.6) is 0 Å². The lowest BCUT2D eigenvalue weighted by Crippen LogP contribution is -2.38. The van der Waals surface area contributed by atoms with E-state index in [-0.39, 0.29) is 12.5 Å². The zero-order chi connectivity index (χ0) is 20.1. The van der Waals surface area contributed by atoms with Crippen LogP contribution in [-0.2, 0) is 22.6 Å². The van der Waals surface area contributed by atoms with Gasteiger partial charge in [-0.05, 0) is 48.9 Å². The molecule has 2 aromatic rings. The van der Waals surface area contributed by atoms with Crippen LogP contribution in [0.1, 0.15) is 30.6 Å². The molecule has 0 saturated heterocycles. The van der Waals surface area contributed by atoms with Gasteiger partial charge in [0.15, 0.2) is 0 Å². The molecule has 29 heavy (non-hydrogen) atoms. The number of rotatable bonds is 8. The van der Waals surface area contributed by atoms with E-state index in [0.29, 0.717) is 32.0 Å². The van der Waals surface area contributed by atoms with Crippen LogP contribution in [0.3, 0.4) is 0 Å². The third kappa shape index (κ3) is 5.61. The zero-order valence-electron chi connectivity index (χ0n) is 16.8. The molecule has 0 radical (unpaired) electrons. The van der Waals surface area contributed by atoms with Crippen LogP contribution in [0, 0.1) is 5.92 Å². The molecule has 0 bridgehead atoms. The van der Waals surface area contributed by atoms with E-state index in [1.807, 2.05) is 29.2 Å². The summed E-state index contributed by atoms with van der Waals surface area (Å²) in [5.41, 5.74) is 2.34. The van der Waals surface area contributed by atoms with Gasteiger partial charge in [0, 0.05) is 38.3 Å². The minimum absolute atomic E-state index is 0.221. The fourth-order valence-corrected chi connectivity index (χ4v) is 3.91. The first-order chi connectivity index (χ1) is 14.2. The molecule has 1 aromatic carbocycles. The molecule has 0 spiro atoms. The Morgan fingerprint density at radius 3 is 2.72 bits per heavy atom. The van der Waals surface area contributed by atoms with E-state index in [4.69, 9.17) is 9.15 Å². The number of hydrogen-bond acceptors (Lipinski definition) is 5. The Labute approximate surface area is 172 Å². The summed E-state index contributed by atoms with van der Waals surface area (Å²) in [5.74, 6) is 1.66. The third-order valence-electron chi connectivity index (χ3n) is 5.67. The molecule has 1 aliphatic carbocycles. The molecule has 1 unspecified atom stereocenters. The predicted octanol–water partition coefficient (Wildman–Crippen LogP) is 2.85. The number of β-amino-alcohol motifs (C(OH)–C–C–N with tert-alkyl or cyclic N) is 1. The number of amides is 1. The highest BCUT2D eigenvalue weighted by atomic mass is 16.5. The lowest BCUT2D eigenvalue weighted by Gasteiger charge is -2.28. The number of ether oxygens (including phenoxy) is 1. The van der Waals surface area contributed by atoms with Gasteiger partial charge in [0.1, 0.15) is 12.4 Å². The van der Waals surface area contributed by atoms with Crippen LogP contribution < -0.4 is 4.90 Å². The van der Waals surface area contributed by atoms with Gasteiger partial charge in [-0.2, -0.15) is 0 Å². The van der Waals surface area contributed by atoms with Gasteiger partial charge >= 0.3 is 0 Å². The zero-order valence-corrected chi connectivity index (χ0v) is 16.8. The lowest BCUT2D eigenvalue weighted by atomic mass is 10.1. The Morgan fingerprint density at radius 1 is 1.10 bits per heavy atom. The van der Waals surface area contributed by atoms with Crippen LogP contribution in [0.25, 0.3) is 0 Å². The van der Waals surface area contributed by atoms with Gasteiger partial charge in [0.05, 0.1) is 19.0 Å². The van der Waals surface area contributed by atoms with E-state index in [1.165, 1.54) is 18.4 Å². The first-order valence-electron chi connectivity index (χ1n) is 10.6. The second-order valence-corrected chi connectivity index (χ2v) is 8.11. The quantitative estimate of drug-likeness (QED) is 0.741. The van der Waals surface area contributed by atoms with Crippen molar-refractivity contribution in [2.24, 2.45) is 5.92 Å². The normalized spacial score (nSPS) is 18.7.